The second kappa shape index (κ2) is 14.9. The third-order valence-electron chi connectivity index (χ3n) is 8.92. The standard InChI is InChI=1S/C36H38ClN5O7S/c1-50(47,48)39-27-13-14-32-28(21-27)31(43)22-33(49-32)35(45)38-29(20-24-9-11-26(37)12-10-24)36(46)41-18-16-40(17-19-41)30-7-3-2-6-25(30)23-42-15-5-4-8-34(42)44/h2-3,6-7,9-14,21-22,29,39H,4-5,8,15-20,23H2,1H3,(H,38,45)/t29-/m1/s1. The molecule has 4 aromatic rings. The molecular weight excluding hydrogens is 682 g/mol. The molecule has 262 valence electrons. The average Bonchev–Trinajstić information content (AvgIpc) is 3.09. The Kier molecular flexibility index (Phi) is 10.4. The number of likely N-dealkylation sites (tertiary alicyclic amines) is 1. The molecular formula is C36H38ClN5O7S. The Bertz CT molecular complexity index is 2080. The highest BCUT2D eigenvalue weighted by Gasteiger charge is 2.31. The number of nitrogens with zero attached hydrogens (tertiary/aromatic N) is 3. The molecule has 50 heavy (non-hydrogen) atoms. The molecule has 1 aromatic heterocycles. The first-order chi connectivity index (χ1) is 23.9. The summed E-state index contributed by atoms with van der Waals surface area (Å²) in [7, 11) is -3.57. The quantitative estimate of drug-likeness (QED) is 0.250. The number of para-hydroxylation sites is 1. The van der Waals surface area contributed by atoms with Gasteiger partial charge in [0.15, 0.2) is 11.2 Å². The molecule has 14 heteroatoms. The lowest BCUT2D eigenvalue weighted by atomic mass is 10.0. The maximum atomic E-state index is 14.1. The van der Waals surface area contributed by atoms with Crippen molar-refractivity contribution >= 4 is 61.7 Å². The van der Waals surface area contributed by atoms with E-state index in [-0.39, 0.29) is 40.7 Å². The lowest BCUT2D eigenvalue weighted by Crippen LogP contribution is -2.55. The first kappa shape index (κ1) is 35.0. The third kappa shape index (κ3) is 8.45. The Labute approximate surface area is 295 Å². The van der Waals surface area contributed by atoms with Gasteiger partial charge in [-0.1, -0.05) is 41.9 Å². The molecule has 2 saturated heterocycles. The molecule has 0 aliphatic carbocycles. The number of nitrogens with one attached hydrogen (secondary N) is 2. The predicted molar refractivity (Wildman–Crippen MR) is 192 cm³/mol. The number of benzene rings is 3. The summed E-state index contributed by atoms with van der Waals surface area (Å²) in [6.07, 6.45) is 3.68. The third-order valence-corrected chi connectivity index (χ3v) is 9.78. The van der Waals surface area contributed by atoms with Crippen LogP contribution in [0.2, 0.25) is 5.02 Å². The zero-order valence-electron chi connectivity index (χ0n) is 27.6. The van der Waals surface area contributed by atoms with Gasteiger partial charge < -0.3 is 24.4 Å². The van der Waals surface area contributed by atoms with Gasteiger partial charge in [0.05, 0.1) is 11.6 Å². The van der Waals surface area contributed by atoms with Gasteiger partial charge in [-0.15, -0.1) is 0 Å². The van der Waals surface area contributed by atoms with Gasteiger partial charge >= 0.3 is 0 Å². The molecule has 3 amide bonds. The van der Waals surface area contributed by atoms with Crippen LogP contribution in [-0.4, -0.2) is 81.0 Å². The number of halogens is 1. The van der Waals surface area contributed by atoms with Crippen molar-refractivity contribution < 1.29 is 27.2 Å². The lowest BCUT2D eigenvalue weighted by molar-refractivity contribution is -0.134. The van der Waals surface area contributed by atoms with Gasteiger partial charge in [-0.3, -0.25) is 23.9 Å². The van der Waals surface area contributed by atoms with Crippen LogP contribution in [0.15, 0.2) is 82.0 Å². The molecule has 0 radical (unpaired) electrons. The zero-order valence-corrected chi connectivity index (χ0v) is 29.1. The van der Waals surface area contributed by atoms with Crippen molar-refractivity contribution in [3.8, 4) is 0 Å². The first-order valence-electron chi connectivity index (χ1n) is 16.4. The molecule has 0 unspecified atom stereocenters. The minimum Gasteiger partial charge on any atom is -0.451 e. The van der Waals surface area contributed by atoms with Crippen molar-refractivity contribution in [3.05, 3.63) is 105 Å². The van der Waals surface area contributed by atoms with Gasteiger partial charge in [0.25, 0.3) is 5.91 Å². The number of fused-ring (bicyclic) bond motifs is 1. The normalized spacial score (nSPS) is 16.0. The number of carbonyl (C=O) groups excluding carboxylic acids is 3. The van der Waals surface area contributed by atoms with E-state index in [0.717, 1.165) is 48.5 Å². The van der Waals surface area contributed by atoms with Crippen LogP contribution in [0.25, 0.3) is 11.0 Å². The fourth-order valence-electron chi connectivity index (χ4n) is 6.41. The Hall–Kier alpha value is -4.88. The average molecular weight is 720 g/mol. The zero-order chi connectivity index (χ0) is 35.4. The van der Waals surface area contributed by atoms with Crippen LogP contribution in [0.4, 0.5) is 11.4 Å². The Morgan fingerprint density at radius 3 is 2.38 bits per heavy atom. The number of rotatable bonds is 10. The molecule has 0 spiro atoms. The Morgan fingerprint density at radius 1 is 0.920 bits per heavy atom. The number of carbonyl (C=O) groups is 3. The number of hydrogen-bond acceptors (Lipinski definition) is 8. The van der Waals surface area contributed by atoms with Crippen LogP contribution < -0.4 is 20.4 Å². The smallest absolute Gasteiger partial charge is 0.287 e. The molecule has 0 saturated carbocycles. The van der Waals surface area contributed by atoms with E-state index in [4.69, 9.17) is 16.0 Å². The van der Waals surface area contributed by atoms with Crippen molar-refractivity contribution in [2.75, 3.05) is 48.6 Å². The summed E-state index contributed by atoms with van der Waals surface area (Å²) in [5, 5.41) is 3.42. The molecule has 1 atom stereocenters. The lowest BCUT2D eigenvalue weighted by Gasteiger charge is -2.39. The molecule has 3 aromatic carbocycles. The monoisotopic (exact) mass is 719 g/mol. The van der Waals surface area contributed by atoms with Gasteiger partial charge in [-0.05, 0) is 60.4 Å². The minimum absolute atomic E-state index is 0.0864. The molecule has 2 N–H and O–H groups in total. The summed E-state index contributed by atoms with van der Waals surface area (Å²) in [5.41, 5.74) is 2.60. The number of sulfonamides is 1. The molecule has 2 aliphatic heterocycles. The molecule has 12 nitrogen and oxygen atoms in total. The maximum Gasteiger partial charge on any atom is 0.287 e. The van der Waals surface area contributed by atoms with Gasteiger partial charge in [0, 0.05) is 74.6 Å². The summed E-state index contributed by atoms with van der Waals surface area (Å²) < 4.78 is 31.3. The van der Waals surface area contributed by atoms with Gasteiger partial charge in [0.2, 0.25) is 21.8 Å². The van der Waals surface area contributed by atoms with Gasteiger partial charge in [-0.2, -0.15) is 0 Å². The summed E-state index contributed by atoms with van der Waals surface area (Å²) in [6.45, 7) is 3.26. The Morgan fingerprint density at radius 2 is 1.66 bits per heavy atom. The number of amides is 3. The van der Waals surface area contributed by atoms with E-state index >= 15 is 0 Å². The number of piperidine rings is 1. The summed E-state index contributed by atoms with van der Waals surface area (Å²) in [4.78, 5) is 58.9. The predicted octanol–water partition coefficient (Wildman–Crippen LogP) is 4.02. The molecule has 2 aliphatic rings. The topological polar surface area (TPSA) is 149 Å². The van der Waals surface area contributed by atoms with E-state index in [0.29, 0.717) is 44.2 Å². The van der Waals surface area contributed by atoms with Crippen LogP contribution >= 0.6 is 11.6 Å². The SMILES string of the molecule is CS(=O)(=O)Nc1ccc2oc(C(=O)N[C@H](Cc3ccc(Cl)cc3)C(=O)N3CCN(c4ccccc4CN4CCCCC4=O)CC3)cc(=O)c2c1. The Balaban J connectivity index is 1.18. The van der Waals surface area contributed by atoms with E-state index in [1.165, 1.54) is 18.2 Å². The van der Waals surface area contributed by atoms with E-state index in [1.807, 2.05) is 29.2 Å². The fourth-order valence-corrected chi connectivity index (χ4v) is 7.09. The van der Waals surface area contributed by atoms with Crippen molar-refractivity contribution in [1.29, 1.82) is 0 Å². The minimum atomic E-state index is -3.57. The second-order valence-corrected chi connectivity index (χ2v) is 14.8. The van der Waals surface area contributed by atoms with Crippen LogP contribution in [0.3, 0.4) is 0 Å². The van der Waals surface area contributed by atoms with E-state index in [2.05, 4.69) is 14.9 Å². The van der Waals surface area contributed by atoms with Crippen LogP contribution in [0.1, 0.15) is 40.9 Å². The van der Waals surface area contributed by atoms with E-state index in [1.54, 1.807) is 29.2 Å². The summed E-state index contributed by atoms with van der Waals surface area (Å²) in [5.74, 6) is -1.13. The number of anilines is 2. The molecule has 3 heterocycles. The highest BCUT2D eigenvalue weighted by molar-refractivity contribution is 7.92. The largest absolute Gasteiger partial charge is 0.451 e. The van der Waals surface area contributed by atoms with Gasteiger partial charge in [0.1, 0.15) is 11.6 Å². The van der Waals surface area contributed by atoms with E-state index < -0.39 is 27.4 Å². The molecule has 0 bridgehead atoms. The van der Waals surface area contributed by atoms with E-state index in [9.17, 15) is 27.6 Å². The van der Waals surface area contributed by atoms with Crippen LogP contribution in [-0.2, 0) is 32.6 Å². The van der Waals surface area contributed by atoms with Crippen LogP contribution in [0, 0.1) is 0 Å². The van der Waals surface area contributed by atoms with Gasteiger partial charge in [-0.25, -0.2) is 8.42 Å². The second-order valence-electron chi connectivity index (χ2n) is 12.6. The van der Waals surface area contributed by atoms with Crippen molar-refractivity contribution in [2.24, 2.45) is 0 Å². The molecule has 6 rings (SSSR count). The van der Waals surface area contributed by atoms with Crippen LogP contribution in [0.5, 0.6) is 0 Å². The highest BCUT2D eigenvalue weighted by atomic mass is 35.5. The van der Waals surface area contributed by atoms with Crippen molar-refractivity contribution in [2.45, 2.75) is 38.3 Å². The number of hydrogen-bond donors (Lipinski definition) is 2. The summed E-state index contributed by atoms with van der Waals surface area (Å²) in [6, 6.07) is 19.2. The van der Waals surface area contributed by atoms with Crippen molar-refractivity contribution in [1.82, 2.24) is 15.1 Å². The maximum absolute atomic E-state index is 14.1. The van der Waals surface area contributed by atoms with Crippen molar-refractivity contribution in [3.63, 3.8) is 0 Å². The highest BCUT2D eigenvalue weighted by Crippen LogP contribution is 2.26. The number of piperazine rings is 1. The first-order valence-corrected chi connectivity index (χ1v) is 18.7. The fraction of sp³-hybridized carbons (Fsp3) is 0.333. The molecule has 2 fully saturated rings. The summed E-state index contributed by atoms with van der Waals surface area (Å²) >= 11 is 6.09.